The van der Waals surface area contributed by atoms with E-state index in [1.165, 1.54) is 0 Å². The molecule has 8 heteroatoms. The van der Waals surface area contributed by atoms with Crippen LogP contribution in [0.1, 0.15) is 43.6 Å². The number of aryl methyl sites for hydroxylation is 1. The number of rotatable bonds is 9. The number of benzene rings is 3. The zero-order valence-electron chi connectivity index (χ0n) is 19.1. The van der Waals surface area contributed by atoms with Gasteiger partial charge in [-0.05, 0) is 68.4 Å². The molecule has 3 aromatic carbocycles. The highest BCUT2D eigenvalue weighted by molar-refractivity contribution is 6.05. The predicted octanol–water partition coefficient (Wildman–Crippen LogP) is 3.74. The number of ether oxygens (including phenoxy) is 2. The first kappa shape index (κ1) is 24.5. The van der Waals surface area contributed by atoms with Gasteiger partial charge in [-0.2, -0.15) is 0 Å². The lowest BCUT2D eigenvalue weighted by Gasteiger charge is -2.10. The van der Waals surface area contributed by atoms with Crippen molar-refractivity contribution in [3.63, 3.8) is 0 Å². The molecule has 3 amide bonds. The van der Waals surface area contributed by atoms with Crippen LogP contribution in [0.15, 0.2) is 72.8 Å². The van der Waals surface area contributed by atoms with Gasteiger partial charge in [0, 0.05) is 29.0 Å². The van der Waals surface area contributed by atoms with Crippen molar-refractivity contribution in [2.24, 2.45) is 0 Å². The maximum atomic E-state index is 12.4. The summed E-state index contributed by atoms with van der Waals surface area (Å²) in [6, 6.07) is 20.2. The summed E-state index contributed by atoms with van der Waals surface area (Å²) < 4.78 is 10.8. The van der Waals surface area contributed by atoms with Gasteiger partial charge in [-0.3, -0.25) is 25.2 Å². The Labute approximate surface area is 198 Å². The van der Waals surface area contributed by atoms with E-state index in [1.54, 1.807) is 60.7 Å². The van der Waals surface area contributed by atoms with Crippen LogP contribution in [-0.4, -0.2) is 37.5 Å². The molecule has 0 atom stereocenters. The maximum absolute atomic E-state index is 12.4. The predicted molar refractivity (Wildman–Crippen MR) is 129 cm³/mol. The normalized spacial score (nSPS) is 10.3. The lowest BCUT2D eigenvalue weighted by molar-refractivity contribution is 0.0846. The van der Waals surface area contributed by atoms with Crippen molar-refractivity contribution in [1.82, 2.24) is 10.9 Å². The summed E-state index contributed by atoms with van der Waals surface area (Å²) in [6.07, 6.45) is 0. The molecule has 0 spiro atoms. The van der Waals surface area contributed by atoms with Gasteiger partial charge in [-0.25, -0.2) is 0 Å². The minimum Gasteiger partial charge on any atom is -0.491 e. The van der Waals surface area contributed by atoms with Gasteiger partial charge in [0.15, 0.2) is 0 Å². The van der Waals surface area contributed by atoms with E-state index in [-0.39, 0.29) is 5.91 Å². The van der Waals surface area contributed by atoms with Gasteiger partial charge < -0.3 is 14.8 Å². The minimum atomic E-state index is -0.492. The van der Waals surface area contributed by atoms with Gasteiger partial charge in [-0.15, -0.1) is 0 Å². The third kappa shape index (κ3) is 7.18. The molecule has 0 heterocycles. The third-order valence-electron chi connectivity index (χ3n) is 4.77. The monoisotopic (exact) mass is 461 g/mol. The van der Waals surface area contributed by atoms with Crippen LogP contribution in [0, 0.1) is 6.92 Å². The molecule has 3 aromatic rings. The van der Waals surface area contributed by atoms with Crippen molar-refractivity contribution in [2.75, 3.05) is 25.1 Å². The van der Waals surface area contributed by atoms with Gasteiger partial charge >= 0.3 is 0 Å². The Morgan fingerprint density at radius 1 is 0.735 bits per heavy atom. The largest absolute Gasteiger partial charge is 0.491 e. The van der Waals surface area contributed by atoms with Crippen LogP contribution < -0.4 is 20.9 Å². The second-order valence-corrected chi connectivity index (χ2v) is 7.38. The molecule has 0 saturated carbocycles. The lowest BCUT2D eigenvalue weighted by Crippen LogP contribution is -2.41. The van der Waals surface area contributed by atoms with E-state index in [4.69, 9.17) is 9.47 Å². The molecule has 3 N–H and O–H groups in total. The van der Waals surface area contributed by atoms with Gasteiger partial charge in [0.25, 0.3) is 17.7 Å². The molecule has 0 bridgehead atoms. The first-order valence-electron chi connectivity index (χ1n) is 10.9. The maximum Gasteiger partial charge on any atom is 0.269 e. The van der Waals surface area contributed by atoms with Gasteiger partial charge in [0.1, 0.15) is 12.4 Å². The van der Waals surface area contributed by atoms with E-state index in [2.05, 4.69) is 16.2 Å². The van der Waals surface area contributed by atoms with Gasteiger partial charge in [0.05, 0.1) is 6.61 Å². The Balaban J connectivity index is 1.51. The highest BCUT2D eigenvalue weighted by Gasteiger charge is 2.11. The van der Waals surface area contributed by atoms with E-state index in [1.807, 2.05) is 26.0 Å². The molecular weight excluding hydrogens is 434 g/mol. The zero-order valence-corrected chi connectivity index (χ0v) is 19.1. The number of amides is 3. The van der Waals surface area contributed by atoms with Crippen molar-refractivity contribution in [2.45, 2.75) is 13.8 Å². The fourth-order valence-electron chi connectivity index (χ4n) is 3.04. The number of carbonyl (C=O) groups is 3. The molecule has 0 aromatic heterocycles. The molecule has 0 unspecified atom stereocenters. The van der Waals surface area contributed by atoms with Crippen molar-refractivity contribution >= 4 is 23.4 Å². The quantitative estimate of drug-likeness (QED) is 0.333. The van der Waals surface area contributed by atoms with Crippen LogP contribution in [0.5, 0.6) is 5.75 Å². The zero-order chi connectivity index (χ0) is 24.3. The second-order valence-electron chi connectivity index (χ2n) is 7.38. The fourth-order valence-corrected chi connectivity index (χ4v) is 3.04. The molecule has 8 nitrogen and oxygen atoms in total. The summed E-state index contributed by atoms with van der Waals surface area (Å²) in [5, 5.41) is 2.79. The highest BCUT2D eigenvalue weighted by Crippen LogP contribution is 2.14. The van der Waals surface area contributed by atoms with Crippen LogP contribution in [-0.2, 0) is 4.74 Å². The van der Waals surface area contributed by atoms with Crippen molar-refractivity contribution in [1.29, 1.82) is 0 Å². The van der Waals surface area contributed by atoms with E-state index in [0.29, 0.717) is 47.9 Å². The summed E-state index contributed by atoms with van der Waals surface area (Å²) in [5.41, 5.74) is 7.51. The molecule has 0 aliphatic heterocycles. The first-order chi connectivity index (χ1) is 16.5. The van der Waals surface area contributed by atoms with E-state index in [9.17, 15) is 14.4 Å². The van der Waals surface area contributed by atoms with E-state index in [0.717, 1.165) is 5.56 Å². The van der Waals surface area contributed by atoms with Crippen molar-refractivity contribution in [3.8, 4) is 5.75 Å². The minimum absolute atomic E-state index is 0.239. The Bertz CT molecular complexity index is 1150. The number of carbonyl (C=O) groups excluding carboxylic acids is 3. The van der Waals surface area contributed by atoms with Crippen LogP contribution in [0.2, 0.25) is 0 Å². The van der Waals surface area contributed by atoms with Gasteiger partial charge in [0.2, 0.25) is 0 Å². The fraction of sp³-hybridized carbons (Fsp3) is 0.192. The molecule has 34 heavy (non-hydrogen) atoms. The average Bonchev–Trinajstić information content (AvgIpc) is 2.85. The number of nitrogens with one attached hydrogen (secondary N) is 3. The molecule has 0 fully saturated rings. The van der Waals surface area contributed by atoms with Crippen molar-refractivity contribution < 1.29 is 23.9 Å². The summed E-state index contributed by atoms with van der Waals surface area (Å²) >= 11 is 0. The Kier molecular flexibility index (Phi) is 8.76. The summed E-state index contributed by atoms with van der Waals surface area (Å²) in [6.45, 7) is 5.25. The van der Waals surface area contributed by atoms with Crippen LogP contribution in [0.4, 0.5) is 5.69 Å². The topological polar surface area (TPSA) is 106 Å². The SMILES string of the molecule is CCOCCOc1cccc(C(=O)NNC(=O)c2ccc(NC(=O)c3cccc(C)c3)cc2)c1. The summed E-state index contributed by atoms with van der Waals surface area (Å²) in [5.74, 6) is -0.682. The van der Waals surface area contributed by atoms with Gasteiger partial charge in [-0.1, -0.05) is 23.8 Å². The molecule has 3 rings (SSSR count). The molecule has 176 valence electrons. The lowest BCUT2D eigenvalue weighted by atomic mass is 10.1. The summed E-state index contributed by atoms with van der Waals surface area (Å²) in [4.78, 5) is 37.1. The summed E-state index contributed by atoms with van der Waals surface area (Å²) in [7, 11) is 0. The number of hydrazine groups is 1. The van der Waals surface area contributed by atoms with E-state index >= 15 is 0 Å². The molecule has 0 radical (unpaired) electrons. The molecule has 0 saturated heterocycles. The van der Waals surface area contributed by atoms with Crippen LogP contribution >= 0.6 is 0 Å². The standard InChI is InChI=1S/C26H27N3O5/c1-3-33-14-15-34-23-9-5-8-21(17-23)26(32)29-28-25(31)19-10-12-22(13-11-19)27-24(30)20-7-4-6-18(2)16-20/h4-13,16-17H,3,14-15H2,1-2H3,(H,27,30)(H,28,31)(H,29,32). The Morgan fingerprint density at radius 3 is 2.06 bits per heavy atom. The number of hydrogen-bond donors (Lipinski definition) is 3. The van der Waals surface area contributed by atoms with Crippen molar-refractivity contribution in [3.05, 3.63) is 95.1 Å². The third-order valence-corrected chi connectivity index (χ3v) is 4.77. The number of anilines is 1. The van der Waals surface area contributed by atoms with E-state index < -0.39 is 11.8 Å². The van der Waals surface area contributed by atoms with Crippen LogP contribution in [0.25, 0.3) is 0 Å². The second kappa shape index (κ2) is 12.2. The average molecular weight is 462 g/mol. The number of hydrogen-bond acceptors (Lipinski definition) is 5. The Hall–Kier alpha value is -4.17. The molecule has 0 aliphatic carbocycles. The molecular formula is C26H27N3O5. The first-order valence-corrected chi connectivity index (χ1v) is 10.9. The molecule has 0 aliphatic rings. The highest BCUT2D eigenvalue weighted by atomic mass is 16.5. The van der Waals surface area contributed by atoms with Crippen LogP contribution in [0.3, 0.4) is 0 Å². The smallest absolute Gasteiger partial charge is 0.269 e. The Morgan fingerprint density at radius 2 is 1.38 bits per heavy atom.